The molecule has 0 radical (unpaired) electrons. The van der Waals surface area contributed by atoms with E-state index in [0.717, 1.165) is 19.3 Å². The van der Waals surface area contributed by atoms with E-state index in [1.165, 1.54) is 5.56 Å². The van der Waals surface area contributed by atoms with E-state index >= 15 is 0 Å². The first-order valence-corrected chi connectivity index (χ1v) is 11.7. The maximum absolute atomic E-state index is 12.7. The van der Waals surface area contributed by atoms with E-state index in [4.69, 9.17) is 4.99 Å². The Morgan fingerprint density at radius 1 is 1.19 bits per heavy atom. The van der Waals surface area contributed by atoms with Gasteiger partial charge in [0.25, 0.3) is 0 Å². The smallest absolute Gasteiger partial charge is 0.357 e. The zero-order valence-corrected chi connectivity index (χ0v) is 20.6. The van der Waals surface area contributed by atoms with Crippen molar-refractivity contribution in [2.75, 3.05) is 26.2 Å². The van der Waals surface area contributed by atoms with Crippen molar-refractivity contribution in [1.82, 2.24) is 14.9 Å². The second-order valence-corrected chi connectivity index (χ2v) is 10.1. The molecule has 1 heterocycles. The van der Waals surface area contributed by atoms with Crippen molar-refractivity contribution in [2.24, 2.45) is 10.4 Å². The Morgan fingerprint density at radius 2 is 1.81 bits per heavy atom. The number of sulfonamides is 1. The van der Waals surface area contributed by atoms with Crippen molar-refractivity contribution in [1.29, 1.82) is 0 Å². The molecule has 6 nitrogen and oxygen atoms in total. The molecule has 2 aliphatic rings. The Hall–Kier alpha value is -1.08. The van der Waals surface area contributed by atoms with Crippen LogP contribution in [0.4, 0.5) is 13.2 Å². The number of aliphatic imine (C=N–C) groups is 1. The quantitative estimate of drug-likeness (QED) is 0.297. The van der Waals surface area contributed by atoms with E-state index in [0.29, 0.717) is 36.2 Å². The van der Waals surface area contributed by atoms with Gasteiger partial charge in [0.15, 0.2) is 5.96 Å². The Kier molecular flexibility index (Phi) is 9.03. The molecule has 3 rings (SSSR count). The van der Waals surface area contributed by atoms with Crippen LogP contribution in [0.3, 0.4) is 0 Å². The minimum Gasteiger partial charge on any atom is -0.357 e. The number of benzene rings is 1. The molecule has 2 fully saturated rings. The number of halogens is 4. The summed E-state index contributed by atoms with van der Waals surface area (Å²) < 4.78 is 61.8. The topological polar surface area (TPSA) is 73.8 Å². The van der Waals surface area contributed by atoms with Crippen LogP contribution >= 0.6 is 24.0 Å². The average Bonchev–Trinajstić information content (AvgIpc) is 3.46. The van der Waals surface area contributed by atoms with E-state index in [-0.39, 0.29) is 48.5 Å². The lowest BCUT2D eigenvalue weighted by atomic mass is 9.97. The molecule has 176 valence electrons. The molecule has 1 saturated heterocycles. The van der Waals surface area contributed by atoms with Crippen LogP contribution < -0.4 is 10.6 Å². The van der Waals surface area contributed by atoms with Gasteiger partial charge < -0.3 is 10.6 Å². The highest BCUT2D eigenvalue weighted by Gasteiger charge is 2.50. The maximum atomic E-state index is 12.7. The molecule has 0 unspecified atom stereocenters. The fourth-order valence-corrected chi connectivity index (χ4v) is 4.73. The fourth-order valence-electron chi connectivity index (χ4n) is 3.74. The van der Waals surface area contributed by atoms with Gasteiger partial charge in [0, 0.05) is 32.2 Å². The van der Waals surface area contributed by atoms with Crippen molar-refractivity contribution in [2.45, 2.75) is 50.6 Å². The van der Waals surface area contributed by atoms with Crippen LogP contribution in [0.15, 0.2) is 35.3 Å². The Labute approximate surface area is 199 Å². The van der Waals surface area contributed by atoms with Crippen LogP contribution in [0.1, 0.15) is 38.2 Å². The first kappa shape index (κ1) is 26.2. The normalized spacial score (nSPS) is 20.1. The number of alkyl halides is 3. The third kappa shape index (κ3) is 6.95. The monoisotopic (exact) mass is 574 g/mol. The molecule has 2 N–H and O–H groups in total. The van der Waals surface area contributed by atoms with Crippen LogP contribution in [0.2, 0.25) is 0 Å². The molecule has 1 aliphatic carbocycles. The van der Waals surface area contributed by atoms with Gasteiger partial charge in [-0.2, -0.15) is 17.5 Å². The van der Waals surface area contributed by atoms with Gasteiger partial charge in [0.1, 0.15) is 0 Å². The van der Waals surface area contributed by atoms with Crippen molar-refractivity contribution in [3.63, 3.8) is 0 Å². The highest BCUT2D eigenvalue weighted by Crippen LogP contribution is 2.48. The largest absolute Gasteiger partial charge is 0.511 e. The first-order chi connectivity index (χ1) is 14.2. The van der Waals surface area contributed by atoms with Gasteiger partial charge >= 0.3 is 15.5 Å². The van der Waals surface area contributed by atoms with Crippen LogP contribution in [0.5, 0.6) is 0 Å². The molecule has 0 spiro atoms. The van der Waals surface area contributed by atoms with E-state index in [1.807, 2.05) is 25.1 Å². The Bertz CT molecular complexity index is 838. The van der Waals surface area contributed by atoms with E-state index in [1.54, 1.807) is 0 Å². The Morgan fingerprint density at radius 3 is 2.32 bits per heavy atom. The highest BCUT2D eigenvalue weighted by molar-refractivity contribution is 14.0. The molecule has 31 heavy (non-hydrogen) atoms. The van der Waals surface area contributed by atoms with Gasteiger partial charge in [-0.3, -0.25) is 4.99 Å². The van der Waals surface area contributed by atoms with Crippen LogP contribution in [0.25, 0.3) is 0 Å². The van der Waals surface area contributed by atoms with Gasteiger partial charge in [-0.15, -0.1) is 24.0 Å². The van der Waals surface area contributed by atoms with Crippen molar-refractivity contribution < 1.29 is 21.6 Å². The number of nitrogens with zero attached hydrogens (tertiary/aromatic N) is 2. The van der Waals surface area contributed by atoms with Crippen molar-refractivity contribution in [3.8, 4) is 0 Å². The predicted molar refractivity (Wildman–Crippen MR) is 126 cm³/mol. The molecule has 0 bridgehead atoms. The molecular formula is C20H30F3IN4O2S. The summed E-state index contributed by atoms with van der Waals surface area (Å²) in [4.78, 5) is 4.73. The van der Waals surface area contributed by atoms with Gasteiger partial charge in [0.2, 0.25) is 0 Å². The lowest BCUT2D eigenvalue weighted by molar-refractivity contribution is -0.0494. The maximum Gasteiger partial charge on any atom is 0.511 e. The molecule has 1 saturated carbocycles. The van der Waals surface area contributed by atoms with E-state index in [9.17, 15) is 21.6 Å². The summed E-state index contributed by atoms with van der Waals surface area (Å²) >= 11 is 0. The molecule has 0 aromatic heterocycles. The summed E-state index contributed by atoms with van der Waals surface area (Å²) in [5.74, 6) is 0.633. The minimum absolute atomic E-state index is 0. The molecule has 1 aromatic carbocycles. The third-order valence-corrected chi connectivity index (χ3v) is 7.35. The number of hydrogen-bond donors (Lipinski definition) is 2. The molecule has 0 atom stereocenters. The number of rotatable bonds is 7. The highest BCUT2D eigenvalue weighted by atomic mass is 127. The van der Waals surface area contributed by atoms with Crippen molar-refractivity contribution >= 4 is 40.0 Å². The van der Waals surface area contributed by atoms with Gasteiger partial charge in [-0.25, -0.2) is 8.42 Å². The number of hydrogen-bond acceptors (Lipinski definition) is 3. The summed E-state index contributed by atoms with van der Waals surface area (Å²) in [6, 6.07) is 10.2. The van der Waals surface area contributed by atoms with Gasteiger partial charge in [-0.05, 0) is 50.0 Å². The number of piperidine rings is 1. The number of guanidine groups is 1. The van der Waals surface area contributed by atoms with E-state index < -0.39 is 15.5 Å². The zero-order chi connectivity index (χ0) is 21.8. The zero-order valence-electron chi connectivity index (χ0n) is 17.5. The van der Waals surface area contributed by atoms with E-state index in [2.05, 4.69) is 22.8 Å². The molecule has 1 aliphatic heterocycles. The fraction of sp³-hybridized carbons (Fsp3) is 0.650. The summed E-state index contributed by atoms with van der Waals surface area (Å²) in [5, 5.41) is 6.45. The average molecular weight is 574 g/mol. The Balaban J connectivity index is 0.00000341. The second-order valence-electron chi connectivity index (χ2n) is 8.13. The predicted octanol–water partition coefficient (Wildman–Crippen LogP) is 3.50. The molecule has 1 aromatic rings. The first-order valence-electron chi connectivity index (χ1n) is 10.3. The van der Waals surface area contributed by atoms with Crippen molar-refractivity contribution in [3.05, 3.63) is 35.9 Å². The summed E-state index contributed by atoms with van der Waals surface area (Å²) in [6.07, 6.45) is 3.82. The molecule has 11 heteroatoms. The summed E-state index contributed by atoms with van der Waals surface area (Å²) in [5.41, 5.74) is -3.78. The third-order valence-electron chi connectivity index (χ3n) is 5.72. The standard InChI is InChI=1S/C20H29F3N4O2S.HI/c1-2-24-18(25-15-19(10-11-19)14-16-6-4-3-5-7-16)26-17-8-12-27(13-9-17)30(28,29)20(21,22)23;/h3-7,17H,2,8-15H2,1H3,(H2,24,25,26);1H. The lowest BCUT2D eigenvalue weighted by Gasteiger charge is -2.32. The molecule has 0 amide bonds. The summed E-state index contributed by atoms with van der Waals surface area (Å²) in [6.45, 7) is 2.98. The SMILES string of the molecule is CCNC(=NCC1(Cc2ccccc2)CC1)NC1CCN(S(=O)(=O)C(F)(F)F)CC1.I. The minimum atomic E-state index is -5.25. The number of nitrogens with one attached hydrogen (secondary N) is 2. The van der Waals surface area contributed by atoms with Gasteiger partial charge in [0.05, 0.1) is 0 Å². The molecular weight excluding hydrogens is 544 g/mol. The summed E-state index contributed by atoms with van der Waals surface area (Å²) in [7, 11) is -5.25. The van der Waals surface area contributed by atoms with Gasteiger partial charge in [-0.1, -0.05) is 30.3 Å². The van der Waals surface area contributed by atoms with Crippen LogP contribution in [0, 0.1) is 5.41 Å². The second kappa shape index (κ2) is 10.7. The van der Waals surface area contributed by atoms with Crippen LogP contribution in [-0.2, 0) is 16.4 Å². The lowest BCUT2D eigenvalue weighted by Crippen LogP contribution is -2.51. The van der Waals surface area contributed by atoms with Crippen LogP contribution in [-0.4, -0.2) is 56.4 Å².